The molecule has 0 aliphatic carbocycles. The molecule has 28 heavy (non-hydrogen) atoms. The second-order valence-electron chi connectivity index (χ2n) is 6.25. The van der Waals surface area contributed by atoms with Gasteiger partial charge < -0.3 is 9.88 Å². The number of carbonyl (C=O) groups excluding carboxylic acids is 1. The number of carbonyl (C=O) groups is 1. The van der Waals surface area contributed by atoms with E-state index in [0.717, 1.165) is 0 Å². The average Bonchev–Trinajstić information content (AvgIpc) is 3.09. The topological polar surface area (TPSA) is 80.2 Å². The number of hydrogen-bond donors (Lipinski definition) is 2. The lowest BCUT2D eigenvalue weighted by atomic mass is 10.2. The van der Waals surface area contributed by atoms with Gasteiger partial charge in [-0.3, -0.25) is 4.79 Å². The van der Waals surface area contributed by atoms with Crippen molar-refractivity contribution in [2.75, 3.05) is 5.32 Å². The summed E-state index contributed by atoms with van der Waals surface area (Å²) < 4.78 is 43.2. The molecule has 0 aliphatic rings. The first-order valence-corrected chi connectivity index (χ1v) is 10.1. The predicted octanol–water partition coefficient (Wildman–Crippen LogP) is 3.11. The molecule has 2 N–H and O–H groups in total. The van der Waals surface area contributed by atoms with Gasteiger partial charge in [0, 0.05) is 30.1 Å². The summed E-state index contributed by atoms with van der Waals surface area (Å²) in [6.45, 7) is 1.75. The molecule has 146 valence electrons. The van der Waals surface area contributed by atoms with Crippen molar-refractivity contribution in [3.8, 4) is 0 Å². The molecule has 0 unspecified atom stereocenters. The van der Waals surface area contributed by atoms with Gasteiger partial charge in [0.25, 0.3) is 0 Å². The molecule has 0 spiro atoms. The Labute approximate surface area is 163 Å². The normalized spacial score (nSPS) is 11.4. The Morgan fingerprint density at radius 3 is 2.43 bits per heavy atom. The summed E-state index contributed by atoms with van der Waals surface area (Å²) in [5.74, 6) is -0.536. The maximum atomic E-state index is 13.9. The number of benzene rings is 2. The van der Waals surface area contributed by atoms with Crippen LogP contribution in [0.15, 0.2) is 71.8 Å². The SMILES string of the molecule is CC(=O)Nc1ccc(S(=O)(=O)NCc2cccn2Cc2ccccc2F)cc1. The van der Waals surface area contributed by atoms with E-state index in [1.807, 2.05) is 0 Å². The summed E-state index contributed by atoms with van der Waals surface area (Å²) in [4.78, 5) is 11.1. The number of sulfonamides is 1. The molecule has 1 heterocycles. The molecule has 1 aromatic heterocycles. The van der Waals surface area contributed by atoms with Crippen molar-refractivity contribution in [1.82, 2.24) is 9.29 Å². The van der Waals surface area contributed by atoms with Gasteiger partial charge in [-0.25, -0.2) is 17.5 Å². The minimum atomic E-state index is -3.73. The summed E-state index contributed by atoms with van der Waals surface area (Å²) in [6, 6.07) is 15.9. The zero-order valence-electron chi connectivity index (χ0n) is 15.2. The van der Waals surface area contributed by atoms with Gasteiger partial charge in [0.15, 0.2) is 0 Å². The zero-order valence-corrected chi connectivity index (χ0v) is 16.0. The highest BCUT2D eigenvalue weighted by Crippen LogP contribution is 2.15. The first-order valence-electron chi connectivity index (χ1n) is 8.60. The number of hydrogen-bond acceptors (Lipinski definition) is 3. The molecule has 1 amide bonds. The summed E-state index contributed by atoms with van der Waals surface area (Å²) in [6.07, 6.45) is 1.78. The van der Waals surface area contributed by atoms with E-state index in [-0.39, 0.29) is 23.2 Å². The lowest BCUT2D eigenvalue weighted by Gasteiger charge is -2.12. The van der Waals surface area contributed by atoms with Crippen LogP contribution < -0.4 is 10.0 Å². The predicted molar refractivity (Wildman–Crippen MR) is 105 cm³/mol. The Balaban J connectivity index is 1.69. The van der Waals surface area contributed by atoms with Crippen molar-refractivity contribution in [2.45, 2.75) is 24.9 Å². The minimum absolute atomic E-state index is 0.0667. The van der Waals surface area contributed by atoms with Crippen LogP contribution >= 0.6 is 0 Å². The molecule has 0 saturated heterocycles. The number of anilines is 1. The number of halogens is 1. The highest BCUT2D eigenvalue weighted by atomic mass is 32.2. The maximum Gasteiger partial charge on any atom is 0.240 e. The van der Waals surface area contributed by atoms with Crippen molar-refractivity contribution in [2.24, 2.45) is 0 Å². The first kappa shape index (κ1) is 19.8. The molecule has 3 rings (SSSR count). The first-order chi connectivity index (χ1) is 13.3. The average molecular weight is 401 g/mol. The van der Waals surface area contributed by atoms with Crippen LogP contribution in [0.5, 0.6) is 0 Å². The summed E-state index contributed by atoms with van der Waals surface area (Å²) in [7, 11) is -3.73. The van der Waals surface area contributed by atoms with E-state index in [1.165, 1.54) is 37.3 Å². The number of nitrogens with one attached hydrogen (secondary N) is 2. The molecule has 0 aliphatic heterocycles. The molecule has 0 fully saturated rings. The zero-order chi connectivity index (χ0) is 20.1. The molecule has 6 nitrogen and oxygen atoms in total. The Bertz CT molecular complexity index is 1080. The molecule has 0 bridgehead atoms. The fourth-order valence-corrected chi connectivity index (χ4v) is 3.75. The number of nitrogens with zero attached hydrogens (tertiary/aromatic N) is 1. The third-order valence-corrected chi connectivity index (χ3v) is 5.57. The van der Waals surface area contributed by atoms with Crippen molar-refractivity contribution in [3.05, 3.63) is 83.9 Å². The lowest BCUT2D eigenvalue weighted by Crippen LogP contribution is -2.24. The monoisotopic (exact) mass is 401 g/mol. The molecule has 3 aromatic rings. The van der Waals surface area contributed by atoms with Gasteiger partial charge in [0.2, 0.25) is 15.9 Å². The van der Waals surface area contributed by atoms with Gasteiger partial charge in [0.1, 0.15) is 5.82 Å². The second-order valence-corrected chi connectivity index (χ2v) is 8.02. The van der Waals surface area contributed by atoms with Crippen LogP contribution in [0.25, 0.3) is 0 Å². The highest BCUT2D eigenvalue weighted by Gasteiger charge is 2.15. The minimum Gasteiger partial charge on any atom is -0.346 e. The smallest absolute Gasteiger partial charge is 0.240 e. The molecule has 2 aromatic carbocycles. The van der Waals surface area contributed by atoms with Crippen LogP contribution in [0.4, 0.5) is 10.1 Å². The van der Waals surface area contributed by atoms with Crippen LogP contribution in [0.2, 0.25) is 0 Å². The maximum absolute atomic E-state index is 13.9. The van der Waals surface area contributed by atoms with Crippen LogP contribution in [0.3, 0.4) is 0 Å². The van der Waals surface area contributed by atoms with E-state index in [2.05, 4.69) is 10.0 Å². The van der Waals surface area contributed by atoms with E-state index in [1.54, 1.807) is 41.1 Å². The fourth-order valence-electron chi connectivity index (χ4n) is 2.75. The van der Waals surface area contributed by atoms with E-state index in [4.69, 9.17) is 0 Å². The van der Waals surface area contributed by atoms with Crippen molar-refractivity contribution in [3.63, 3.8) is 0 Å². The summed E-state index contributed by atoms with van der Waals surface area (Å²) >= 11 is 0. The van der Waals surface area contributed by atoms with Crippen LogP contribution in [-0.4, -0.2) is 18.9 Å². The van der Waals surface area contributed by atoms with E-state index in [9.17, 15) is 17.6 Å². The Hall–Kier alpha value is -2.97. The third kappa shape index (κ3) is 4.85. The van der Waals surface area contributed by atoms with E-state index < -0.39 is 10.0 Å². The van der Waals surface area contributed by atoms with Gasteiger partial charge in [0.05, 0.1) is 18.0 Å². The Morgan fingerprint density at radius 1 is 1.04 bits per heavy atom. The molecule has 0 atom stereocenters. The van der Waals surface area contributed by atoms with E-state index in [0.29, 0.717) is 23.5 Å². The Kier molecular flexibility index (Phi) is 5.91. The van der Waals surface area contributed by atoms with Crippen LogP contribution in [0.1, 0.15) is 18.2 Å². The largest absolute Gasteiger partial charge is 0.346 e. The standard InChI is InChI=1S/C20H20FN3O3S/c1-15(25)23-17-8-10-19(11-9-17)28(26,27)22-13-18-6-4-12-24(18)14-16-5-2-3-7-20(16)21/h2-12,22H,13-14H2,1H3,(H,23,25). The lowest BCUT2D eigenvalue weighted by molar-refractivity contribution is -0.114. The van der Waals surface area contributed by atoms with Gasteiger partial charge in [-0.1, -0.05) is 18.2 Å². The van der Waals surface area contributed by atoms with Crippen molar-refractivity contribution < 1.29 is 17.6 Å². The van der Waals surface area contributed by atoms with Gasteiger partial charge in [-0.15, -0.1) is 0 Å². The number of rotatable bonds is 7. The van der Waals surface area contributed by atoms with Gasteiger partial charge in [-0.2, -0.15) is 0 Å². The molecular formula is C20H20FN3O3S. The van der Waals surface area contributed by atoms with Gasteiger partial charge >= 0.3 is 0 Å². The van der Waals surface area contributed by atoms with Crippen molar-refractivity contribution >= 4 is 21.6 Å². The summed E-state index contributed by atoms with van der Waals surface area (Å²) in [5, 5.41) is 2.58. The molecular weight excluding hydrogens is 381 g/mol. The van der Waals surface area contributed by atoms with Crippen LogP contribution in [-0.2, 0) is 27.9 Å². The van der Waals surface area contributed by atoms with Crippen molar-refractivity contribution in [1.29, 1.82) is 0 Å². The highest BCUT2D eigenvalue weighted by molar-refractivity contribution is 7.89. The van der Waals surface area contributed by atoms with E-state index >= 15 is 0 Å². The third-order valence-electron chi connectivity index (χ3n) is 4.15. The van der Waals surface area contributed by atoms with Crippen LogP contribution in [0, 0.1) is 5.82 Å². The second kappa shape index (κ2) is 8.37. The molecule has 8 heteroatoms. The fraction of sp³-hybridized carbons (Fsp3) is 0.150. The number of amides is 1. The van der Waals surface area contributed by atoms with Gasteiger partial charge in [-0.05, 0) is 42.5 Å². The Morgan fingerprint density at radius 2 is 1.75 bits per heavy atom. The molecule has 0 radical (unpaired) electrons. The number of aromatic nitrogens is 1. The molecule has 0 saturated carbocycles. The summed E-state index contributed by atoms with van der Waals surface area (Å²) in [5.41, 5.74) is 1.75. The quantitative estimate of drug-likeness (QED) is 0.638.